The molecule has 0 bridgehead atoms. The first-order chi connectivity index (χ1) is 11.7. The number of anilines is 1. The van der Waals surface area contributed by atoms with Crippen molar-refractivity contribution in [2.45, 2.75) is 19.3 Å². The summed E-state index contributed by atoms with van der Waals surface area (Å²) in [6.45, 7) is 1.59. The molecule has 0 spiro atoms. The zero-order chi connectivity index (χ0) is 16.8. The summed E-state index contributed by atoms with van der Waals surface area (Å²) in [7, 11) is 0. The summed E-state index contributed by atoms with van der Waals surface area (Å²) in [5.74, 6) is -0.0334. The first-order valence-corrected chi connectivity index (χ1v) is 8.88. The van der Waals surface area contributed by atoms with Crippen LogP contribution in [0.4, 0.5) is 9.93 Å². The number of rotatable bonds is 4. The number of hydrogen-bond donors (Lipinski definition) is 2. The van der Waals surface area contributed by atoms with E-state index in [2.05, 4.69) is 15.6 Å². The number of aromatic nitrogens is 1. The summed E-state index contributed by atoms with van der Waals surface area (Å²) in [6.07, 6.45) is 4.98. The molecular formula is C17H20N4O2S. The van der Waals surface area contributed by atoms with Gasteiger partial charge in [-0.05, 0) is 24.8 Å². The molecule has 0 saturated carbocycles. The van der Waals surface area contributed by atoms with Crippen molar-refractivity contribution < 1.29 is 9.59 Å². The molecule has 3 rings (SSSR count). The van der Waals surface area contributed by atoms with Crippen LogP contribution in [0.5, 0.6) is 0 Å². The molecule has 2 aromatic rings. The van der Waals surface area contributed by atoms with Crippen LogP contribution in [0.1, 0.15) is 19.3 Å². The summed E-state index contributed by atoms with van der Waals surface area (Å²) in [5.41, 5.74) is 1.06. The van der Waals surface area contributed by atoms with Gasteiger partial charge in [-0.3, -0.25) is 10.1 Å². The van der Waals surface area contributed by atoms with Crippen molar-refractivity contribution in [2.24, 2.45) is 0 Å². The van der Waals surface area contributed by atoms with Gasteiger partial charge >= 0.3 is 6.03 Å². The topological polar surface area (TPSA) is 74.3 Å². The van der Waals surface area contributed by atoms with Gasteiger partial charge in [0.15, 0.2) is 5.13 Å². The lowest BCUT2D eigenvalue weighted by Gasteiger charge is -2.26. The molecule has 1 fully saturated rings. The van der Waals surface area contributed by atoms with Crippen LogP contribution in [0.2, 0.25) is 0 Å². The number of carbonyl (C=O) groups excluding carboxylic acids is 2. The Labute approximate surface area is 144 Å². The van der Waals surface area contributed by atoms with E-state index in [0.717, 1.165) is 36.4 Å². The number of thiazole rings is 1. The molecule has 24 heavy (non-hydrogen) atoms. The molecule has 3 amide bonds. The molecule has 0 aliphatic carbocycles. The molecule has 1 aromatic carbocycles. The van der Waals surface area contributed by atoms with Gasteiger partial charge in [0.25, 0.3) is 0 Å². The van der Waals surface area contributed by atoms with Crippen molar-refractivity contribution in [3.63, 3.8) is 0 Å². The standard InChI is InChI=1S/C17H20N4O2S/c22-15(21-9-5-2-6-10-21)12-18-16(23)20-17-19-11-14(24-17)13-7-3-1-4-8-13/h1,3-4,7-8,11H,2,5-6,9-10,12H2,(H2,18,19,20,23). The van der Waals surface area contributed by atoms with E-state index < -0.39 is 6.03 Å². The highest BCUT2D eigenvalue weighted by Gasteiger charge is 2.17. The van der Waals surface area contributed by atoms with Gasteiger partial charge in [0.1, 0.15) is 0 Å². The van der Waals surface area contributed by atoms with E-state index in [0.29, 0.717) is 5.13 Å². The fourth-order valence-corrected chi connectivity index (χ4v) is 3.44. The number of amides is 3. The predicted octanol–water partition coefficient (Wildman–Crippen LogP) is 2.94. The van der Waals surface area contributed by atoms with Crippen LogP contribution in [0, 0.1) is 0 Å². The van der Waals surface area contributed by atoms with Gasteiger partial charge in [-0.2, -0.15) is 0 Å². The number of urea groups is 1. The largest absolute Gasteiger partial charge is 0.341 e. The van der Waals surface area contributed by atoms with Gasteiger partial charge in [-0.1, -0.05) is 41.7 Å². The molecule has 2 heterocycles. The monoisotopic (exact) mass is 344 g/mol. The molecule has 1 aromatic heterocycles. The summed E-state index contributed by atoms with van der Waals surface area (Å²) in [5, 5.41) is 5.79. The van der Waals surface area contributed by atoms with E-state index >= 15 is 0 Å². The lowest BCUT2D eigenvalue weighted by molar-refractivity contribution is -0.130. The number of likely N-dealkylation sites (tertiary alicyclic amines) is 1. The van der Waals surface area contributed by atoms with Crippen LogP contribution in [0.15, 0.2) is 36.5 Å². The fraction of sp³-hybridized carbons (Fsp3) is 0.353. The molecule has 0 atom stereocenters. The molecule has 2 N–H and O–H groups in total. The molecular weight excluding hydrogens is 324 g/mol. The SMILES string of the molecule is O=C(NCC(=O)N1CCCCC1)Nc1ncc(-c2ccccc2)s1. The van der Waals surface area contributed by atoms with E-state index in [1.165, 1.54) is 17.8 Å². The Bertz CT molecular complexity index is 696. The van der Waals surface area contributed by atoms with Crippen LogP contribution < -0.4 is 10.6 Å². The average molecular weight is 344 g/mol. The van der Waals surface area contributed by atoms with Crippen LogP contribution in [0.25, 0.3) is 10.4 Å². The quantitative estimate of drug-likeness (QED) is 0.895. The molecule has 0 radical (unpaired) electrons. The van der Waals surface area contributed by atoms with Gasteiger partial charge in [-0.15, -0.1) is 0 Å². The summed E-state index contributed by atoms with van der Waals surface area (Å²) in [4.78, 5) is 30.9. The summed E-state index contributed by atoms with van der Waals surface area (Å²) < 4.78 is 0. The first kappa shape index (κ1) is 16.4. The highest BCUT2D eigenvalue weighted by molar-refractivity contribution is 7.19. The van der Waals surface area contributed by atoms with Gasteiger partial charge < -0.3 is 10.2 Å². The Morgan fingerprint density at radius 1 is 1.12 bits per heavy atom. The zero-order valence-electron chi connectivity index (χ0n) is 13.3. The third-order valence-corrected chi connectivity index (χ3v) is 4.86. The lowest BCUT2D eigenvalue weighted by Crippen LogP contribution is -2.43. The Balaban J connectivity index is 1.48. The van der Waals surface area contributed by atoms with Crippen molar-refractivity contribution in [1.29, 1.82) is 0 Å². The maximum Gasteiger partial charge on any atom is 0.321 e. The molecule has 126 valence electrons. The van der Waals surface area contributed by atoms with E-state index in [-0.39, 0.29) is 12.5 Å². The highest BCUT2D eigenvalue weighted by Crippen LogP contribution is 2.28. The van der Waals surface area contributed by atoms with Crippen LogP contribution >= 0.6 is 11.3 Å². The smallest absolute Gasteiger partial charge is 0.321 e. The molecule has 1 aliphatic heterocycles. The van der Waals surface area contributed by atoms with Crippen molar-refractivity contribution in [2.75, 3.05) is 25.0 Å². The third-order valence-electron chi connectivity index (χ3n) is 3.89. The number of nitrogens with one attached hydrogen (secondary N) is 2. The van der Waals surface area contributed by atoms with Crippen molar-refractivity contribution >= 4 is 28.4 Å². The molecule has 0 unspecified atom stereocenters. The number of benzene rings is 1. The lowest BCUT2D eigenvalue weighted by atomic mass is 10.1. The molecule has 1 aliphatic rings. The maximum atomic E-state index is 12.0. The minimum atomic E-state index is -0.408. The summed E-state index contributed by atoms with van der Waals surface area (Å²) >= 11 is 1.40. The van der Waals surface area contributed by atoms with E-state index in [1.54, 1.807) is 11.1 Å². The highest BCUT2D eigenvalue weighted by atomic mass is 32.1. The second kappa shape index (κ2) is 7.92. The molecule has 7 heteroatoms. The Hall–Kier alpha value is -2.41. The number of carbonyl (C=O) groups is 2. The van der Waals surface area contributed by atoms with Gasteiger partial charge in [0.05, 0.1) is 11.4 Å². The normalized spacial score (nSPS) is 14.2. The Morgan fingerprint density at radius 3 is 2.62 bits per heavy atom. The number of hydrogen-bond acceptors (Lipinski definition) is 4. The van der Waals surface area contributed by atoms with Gasteiger partial charge in [0, 0.05) is 19.3 Å². The second-order valence-corrected chi connectivity index (χ2v) is 6.68. The number of piperidine rings is 1. The Kier molecular flexibility index (Phi) is 5.43. The van der Waals surface area contributed by atoms with Crippen LogP contribution in [-0.2, 0) is 4.79 Å². The molecule has 1 saturated heterocycles. The van der Waals surface area contributed by atoms with Crippen molar-refractivity contribution in [3.8, 4) is 10.4 Å². The van der Waals surface area contributed by atoms with Gasteiger partial charge in [0.2, 0.25) is 5.91 Å². The third kappa shape index (κ3) is 4.32. The average Bonchev–Trinajstić information content (AvgIpc) is 3.09. The van der Waals surface area contributed by atoms with Gasteiger partial charge in [-0.25, -0.2) is 9.78 Å². The molecule has 6 nitrogen and oxygen atoms in total. The predicted molar refractivity (Wildman–Crippen MR) is 95.0 cm³/mol. The van der Waals surface area contributed by atoms with Crippen molar-refractivity contribution in [1.82, 2.24) is 15.2 Å². The maximum absolute atomic E-state index is 12.0. The Morgan fingerprint density at radius 2 is 1.88 bits per heavy atom. The zero-order valence-corrected chi connectivity index (χ0v) is 14.1. The number of nitrogens with zero attached hydrogens (tertiary/aromatic N) is 2. The van der Waals surface area contributed by atoms with E-state index in [4.69, 9.17) is 0 Å². The van der Waals surface area contributed by atoms with Crippen LogP contribution in [0.3, 0.4) is 0 Å². The van der Waals surface area contributed by atoms with E-state index in [9.17, 15) is 9.59 Å². The van der Waals surface area contributed by atoms with Crippen molar-refractivity contribution in [3.05, 3.63) is 36.5 Å². The minimum Gasteiger partial charge on any atom is -0.341 e. The summed E-state index contributed by atoms with van der Waals surface area (Å²) in [6, 6.07) is 9.45. The fourth-order valence-electron chi connectivity index (χ4n) is 2.62. The second-order valence-electron chi connectivity index (χ2n) is 5.64. The van der Waals surface area contributed by atoms with Crippen LogP contribution in [-0.4, -0.2) is 41.5 Å². The first-order valence-electron chi connectivity index (χ1n) is 8.06. The minimum absolute atomic E-state index is 0.0166. The van der Waals surface area contributed by atoms with E-state index in [1.807, 2.05) is 30.3 Å².